The molecule has 0 saturated heterocycles. The molecule has 3 N–H and O–H groups in total. The van der Waals surface area contributed by atoms with Crippen molar-refractivity contribution in [1.82, 2.24) is 10.0 Å². The summed E-state index contributed by atoms with van der Waals surface area (Å²) in [5.41, 5.74) is 0. The van der Waals surface area contributed by atoms with Crippen LogP contribution in [0.5, 0.6) is 5.75 Å². The van der Waals surface area contributed by atoms with Gasteiger partial charge in [-0.3, -0.25) is 0 Å². The van der Waals surface area contributed by atoms with Crippen molar-refractivity contribution in [2.45, 2.75) is 43.5 Å². The van der Waals surface area contributed by atoms with E-state index >= 15 is 0 Å². The summed E-state index contributed by atoms with van der Waals surface area (Å²) in [7, 11) is -3.91. The average Bonchev–Trinajstić information content (AvgIpc) is 2.41. The zero-order valence-corrected chi connectivity index (χ0v) is 12.7. The van der Waals surface area contributed by atoms with E-state index in [0.717, 1.165) is 25.7 Å². The van der Waals surface area contributed by atoms with Crippen molar-refractivity contribution in [2.75, 3.05) is 0 Å². The smallest absolute Gasteiger partial charge is 0.328 e. The molecule has 6 nitrogen and oxygen atoms in total. The maximum Gasteiger partial charge on any atom is 0.328 e. The topological polar surface area (TPSA) is 95.5 Å². The summed E-state index contributed by atoms with van der Waals surface area (Å²) in [5.74, 6) is 0.626. The van der Waals surface area contributed by atoms with E-state index in [1.165, 1.54) is 24.3 Å². The Labute approximate surface area is 124 Å². The van der Waals surface area contributed by atoms with E-state index in [0.29, 0.717) is 5.92 Å². The van der Waals surface area contributed by atoms with Crippen molar-refractivity contribution < 1.29 is 18.3 Å². The van der Waals surface area contributed by atoms with Crippen molar-refractivity contribution in [3.05, 3.63) is 24.3 Å². The van der Waals surface area contributed by atoms with Crippen LogP contribution in [-0.2, 0) is 10.0 Å². The van der Waals surface area contributed by atoms with Crippen LogP contribution in [-0.4, -0.2) is 25.6 Å². The van der Waals surface area contributed by atoms with E-state index in [4.69, 9.17) is 5.11 Å². The third kappa shape index (κ3) is 4.35. The van der Waals surface area contributed by atoms with E-state index in [2.05, 4.69) is 12.2 Å². The Hall–Kier alpha value is -1.76. The molecule has 1 aliphatic carbocycles. The maximum atomic E-state index is 12.0. The van der Waals surface area contributed by atoms with Crippen LogP contribution in [0.4, 0.5) is 4.79 Å². The highest BCUT2D eigenvalue weighted by atomic mass is 32.2. The Balaban J connectivity index is 1.93. The fraction of sp³-hybridized carbons (Fsp3) is 0.500. The van der Waals surface area contributed by atoms with Crippen molar-refractivity contribution >= 4 is 16.1 Å². The number of phenolic OH excluding ortho intramolecular Hbond substituents is 1. The lowest BCUT2D eigenvalue weighted by Gasteiger charge is -2.26. The van der Waals surface area contributed by atoms with Gasteiger partial charge in [0, 0.05) is 6.04 Å². The molecule has 1 aromatic carbocycles. The number of sulfonamides is 1. The standard InChI is InChI=1S/C14H20N2O4S/c1-10-2-4-11(5-3-10)15-14(18)16-21(19,20)13-8-6-12(17)7-9-13/h6-11,17H,2-5H2,1H3,(H2,15,16,18). The SMILES string of the molecule is CC1CCC(NC(=O)NS(=O)(=O)c2ccc(O)cc2)CC1. The summed E-state index contributed by atoms with van der Waals surface area (Å²) in [4.78, 5) is 11.7. The second-order valence-corrected chi connectivity index (χ2v) is 7.21. The molecule has 7 heteroatoms. The molecule has 0 aromatic heterocycles. The van der Waals surface area contributed by atoms with Crippen molar-refractivity contribution in [3.63, 3.8) is 0 Å². The maximum absolute atomic E-state index is 12.0. The molecule has 1 aliphatic rings. The number of nitrogens with one attached hydrogen (secondary N) is 2. The number of urea groups is 1. The molecule has 2 rings (SSSR count). The predicted octanol–water partition coefficient (Wildman–Crippen LogP) is 1.96. The third-order valence-electron chi connectivity index (χ3n) is 3.73. The van der Waals surface area contributed by atoms with Gasteiger partial charge in [-0.2, -0.15) is 0 Å². The van der Waals surface area contributed by atoms with Gasteiger partial charge in [-0.05, 0) is 55.9 Å². The van der Waals surface area contributed by atoms with E-state index in [-0.39, 0.29) is 16.7 Å². The van der Waals surface area contributed by atoms with E-state index < -0.39 is 16.1 Å². The Kier molecular flexibility index (Phi) is 4.72. The lowest BCUT2D eigenvalue weighted by Crippen LogP contribution is -2.45. The van der Waals surface area contributed by atoms with Gasteiger partial charge < -0.3 is 10.4 Å². The van der Waals surface area contributed by atoms with Crippen LogP contribution in [0.2, 0.25) is 0 Å². The minimum Gasteiger partial charge on any atom is -0.508 e. The molecule has 0 atom stereocenters. The van der Waals surface area contributed by atoms with Crippen LogP contribution in [0.1, 0.15) is 32.6 Å². The van der Waals surface area contributed by atoms with Gasteiger partial charge in [0.1, 0.15) is 5.75 Å². The molecule has 116 valence electrons. The summed E-state index contributed by atoms with van der Waals surface area (Å²) in [5, 5.41) is 11.8. The Bertz CT molecular complexity index is 590. The van der Waals surface area contributed by atoms with Gasteiger partial charge in [0.25, 0.3) is 10.0 Å². The zero-order valence-electron chi connectivity index (χ0n) is 11.9. The van der Waals surface area contributed by atoms with Crippen molar-refractivity contribution in [2.24, 2.45) is 5.92 Å². The number of hydrogen-bond donors (Lipinski definition) is 3. The summed E-state index contributed by atoms with van der Waals surface area (Å²) >= 11 is 0. The van der Waals surface area contributed by atoms with Crippen LogP contribution in [0.25, 0.3) is 0 Å². The van der Waals surface area contributed by atoms with Crippen molar-refractivity contribution in [3.8, 4) is 5.75 Å². The van der Waals surface area contributed by atoms with Gasteiger partial charge in [0.15, 0.2) is 0 Å². The zero-order chi connectivity index (χ0) is 15.5. The summed E-state index contributed by atoms with van der Waals surface area (Å²) in [6, 6.07) is 4.32. The van der Waals surface area contributed by atoms with E-state index in [1.54, 1.807) is 0 Å². The molecular weight excluding hydrogens is 292 g/mol. The molecule has 0 aliphatic heterocycles. The normalized spacial score (nSPS) is 22.5. The molecule has 21 heavy (non-hydrogen) atoms. The van der Waals surface area contributed by atoms with Gasteiger partial charge in [-0.25, -0.2) is 17.9 Å². The Morgan fingerprint density at radius 1 is 1.14 bits per heavy atom. The second kappa shape index (κ2) is 6.34. The average molecular weight is 312 g/mol. The number of carbonyl (C=O) groups is 1. The first kappa shape index (κ1) is 15.6. The number of amides is 2. The highest BCUT2D eigenvalue weighted by Crippen LogP contribution is 2.23. The summed E-state index contributed by atoms with van der Waals surface area (Å²) in [6.07, 6.45) is 3.81. The fourth-order valence-corrected chi connectivity index (χ4v) is 3.34. The van der Waals surface area contributed by atoms with E-state index in [1.807, 2.05) is 4.72 Å². The van der Waals surface area contributed by atoms with Crippen LogP contribution in [0.3, 0.4) is 0 Å². The van der Waals surface area contributed by atoms with Crippen LogP contribution < -0.4 is 10.0 Å². The molecule has 0 spiro atoms. The van der Waals surface area contributed by atoms with E-state index in [9.17, 15) is 13.2 Å². The lowest BCUT2D eigenvalue weighted by molar-refractivity contribution is 0.233. The molecule has 2 amide bonds. The number of benzene rings is 1. The first-order valence-electron chi connectivity index (χ1n) is 6.99. The molecular formula is C14H20N2O4S. The molecule has 0 unspecified atom stereocenters. The minimum absolute atomic E-state index is 0.0243. The van der Waals surface area contributed by atoms with Gasteiger partial charge in [-0.15, -0.1) is 0 Å². The third-order valence-corrected chi connectivity index (χ3v) is 5.07. The number of rotatable bonds is 3. The quantitative estimate of drug-likeness (QED) is 0.795. The van der Waals surface area contributed by atoms with Crippen LogP contribution in [0, 0.1) is 5.92 Å². The highest BCUT2D eigenvalue weighted by Gasteiger charge is 2.22. The molecule has 0 bridgehead atoms. The largest absolute Gasteiger partial charge is 0.508 e. The first-order valence-corrected chi connectivity index (χ1v) is 8.47. The van der Waals surface area contributed by atoms with Gasteiger partial charge in [0.05, 0.1) is 4.90 Å². The number of aromatic hydroxyl groups is 1. The van der Waals surface area contributed by atoms with Crippen molar-refractivity contribution in [1.29, 1.82) is 0 Å². The summed E-state index contributed by atoms with van der Waals surface area (Å²) < 4.78 is 26.0. The minimum atomic E-state index is -3.91. The number of phenols is 1. The molecule has 1 fully saturated rings. The van der Waals surface area contributed by atoms with Gasteiger partial charge >= 0.3 is 6.03 Å². The Morgan fingerprint density at radius 3 is 2.29 bits per heavy atom. The Morgan fingerprint density at radius 2 is 1.71 bits per heavy atom. The predicted molar refractivity (Wildman–Crippen MR) is 78.4 cm³/mol. The van der Waals surface area contributed by atoms with Crippen LogP contribution in [0.15, 0.2) is 29.2 Å². The molecule has 0 radical (unpaired) electrons. The monoisotopic (exact) mass is 312 g/mol. The van der Waals surface area contributed by atoms with Gasteiger partial charge in [0.2, 0.25) is 0 Å². The molecule has 0 heterocycles. The lowest BCUT2D eigenvalue weighted by atomic mass is 9.87. The number of carbonyl (C=O) groups excluding carboxylic acids is 1. The van der Waals surface area contributed by atoms with Crippen LogP contribution >= 0.6 is 0 Å². The highest BCUT2D eigenvalue weighted by molar-refractivity contribution is 7.90. The first-order chi connectivity index (χ1) is 9.87. The molecule has 1 aromatic rings. The second-order valence-electron chi connectivity index (χ2n) is 5.53. The molecule has 1 saturated carbocycles. The summed E-state index contributed by atoms with van der Waals surface area (Å²) in [6.45, 7) is 2.17. The van der Waals surface area contributed by atoms with Gasteiger partial charge in [-0.1, -0.05) is 6.92 Å². The number of hydrogen-bond acceptors (Lipinski definition) is 4. The fourth-order valence-electron chi connectivity index (χ4n) is 2.43.